The smallest absolute Gasteiger partial charge is 0.335 e. The van der Waals surface area contributed by atoms with Crippen LogP contribution < -0.4 is 5.32 Å². The minimum Gasteiger partial charge on any atom is -0.478 e. The number of aliphatic hydroxyl groups is 5. The third-order valence-corrected chi connectivity index (χ3v) is 10.3. The second-order valence-corrected chi connectivity index (χ2v) is 13.8. The van der Waals surface area contributed by atoms with Gasteiger partial charge >= 0.3 is 5.97 Å². The van der Waals surface area contributed by atoms with Crippen molar-refractivity contribution in [3.05, 3.63) is 105 Å². The quantitative estimate of drug-likeness (QED) is 0.142. The summed E-state index contributed by atoms with van der Waals surface area (Å²) >= 11 is 5.97. The van der Waals surface area contributed by atoms with Crippen molar-refractivity contribution in [2.45, 2.75) is 55.8 Å². The summed E-state index contributed by atoms with van der Waals surface area (Å²) < 4.78 is 14.8. The molecule has 0 aliphatic carbocycles. The van der Waals surface area contributed by atoms with Gasteiger partial charge in [-0.2, -0.15) is 0 Å². The molecule has 0 bridgehead atoms. The number of benzene rings is 3. The Bertz CT molecular complexity index is 1960. The first-order chi connectivity index (χ1) is 25.9. The Morgan fingerprint density at radius 3 is 2.33 bits per heavy atom. The molecule has 6 rings (SSSR count). The van der Waals surface area contributed by atoms with Gasteiger partial charge in [0.1, 0.15) is 24.4 Å². The zero-order chi connectivity index (χ0) is 38.7. The summed E-state index contributed by atoms with van der Waals surface area (Å²) in [5.74, 6) is -2.89. The number of anilines is 1. The average molecular weight is 767 g/mol. The van der Waals surface area contributed by atoms with E-state index in [0.717, 1.165) is 16.7 Å². The first-order valence-electron chi connectivity index (χ1n) is 17.4. The molecule has 2 amide bonds. The van der Waals surface area contributed by atoms with E-state index in [-0.39, 0.29) is 41.4 Å². The lowest BCUT2D eigenvalue weighted by Crippen LogP contribution is -2.50. The highest BCUT2D eigenvalue weighted by Crippen LogP contribution is 2.38. The number of nitrogens with one attached hydrogen (secondary N) is 1. The molecule has 1 unspecified atom stereocenters. The topological polar surface area (TPSA) is 213 Å². The highest BCUT2D eigenvalue weighted by Gasteiger charge is 2.42. The number of hydrogen-bond donors (Lipinski definition) is 7. The molecule has 286 valence electrons. The van der Waals surface area contributed by atoms with Gasteiger partial charge in [-0.1, -0.05) is 47.1 Å². The fourth-order valence-electron chi connectivity index (χ4n) is 7.03. The minimum absolute atomic E-state index is 0.00156. The maximum atomic E-state index is 14.8. The summed E-state index contributed by atoms with van der Waals surface area (Å²) in [6.07, 6.45) is -4.70. The summed E-state index contributed by atoms with van der Waals surface area (Å²) in [4.78, 5) is 48.5. The second kappa shape index (κ2) is 16.7. The second-order valence-electron chi connectivity index (χ2n) is 13.4. The van der Waals surface area contributed by atoms with Gasteiger partial charge in [-0.05, 0) is 71.5 Å². The molecule has 0 aromatic heterocycles. The molecule has 3 aliphatic rings. The summed E-state index contributed by atoms with van der Waals surface area (Å²) in [5.41, 5.74) is 3.93. The number of hydrogen-bond acceptors (Lipinski definition) is 11. The number of carboxylic acid groups (broad SMARTS) is 1. The van der Waals surface area contributed by atoms with Gasteiger partial charge in [0.15, 0.2) is 5.82 Å². The number of aromatic carboxylic acids is 1. The molecule has 3 aliphatic heterocycles. The molecule has 0 radical (unpaired) electrons. The minimum atomic E-state index is -1.72. The lowest BCUT2D eigenvalue weighted by atomic mass is 9.84. The third-order valence-electron chi connectivity index (χ3n) is 9.97. The van der Waals surface area contributed by atoms with Crippen LogP contribution in [0.4, 0.5) is 10.1 Å². The molecule has 6 atom stereocenters. The van der Waals surface area contributed by atoms with E-state index in [1.807, 2.05) is 17.0 Å². The summed E-state index contributed by atoms with van der Waals surface area (Å²) in [5, 5.41) is 65.5. The monoisotopic (exact) mass is 766 g/mol. The van der Waals surface area contributed by atoms with Gasteiger partial charge in [0.25, 0.3) is 11.8 Å². The van der Waals surface area contributed by atoms with Gasteiger partial charge < -0.3 is 45.7 Å². The zero-order valence-corrected chi connectivity index (χ0v) is 29.6. The van der Waals surface area contributed by atoms with Crippen LogP contribution in [-0.4, -0.2) is 127 Å². The van der Waals surface area contributed by atoms with Crippen molar-refractivity contribution in [1.82, 2.24) is 9.80 Å². The van der Waals surface area contributed by atoms with Crippen LogP contribution in [0.3, 0.4) is 0 Å². The molecular formula is C38H40ClFN4O10. The fourth-order valence-corrected chi connectivity index (χ4v) is 7.21. The van der Waals surface area contributed by atoms with Gasteiger partial charge in [-0.25, -0.2) is 9.18 Å². The summed E-state index contributed by atoms with van der Waals surface area (Å²) in [7, 11) is 0. The van der Waals surface area contributed by atoms with Crippen LogP contribution >= 0.6 is 11.6 Å². The van der Waals surface area contributed by atoms with Crippen molar-refractivity contribution in [2.24, 2.45) is 5.16 Å². The molecule has 16 heteroatoms. The van der Waals surface area contributed by atoms with E-state index in [2.05, 4.69) is 10.5 Å². The van der Waals surface area contributed by atoms with Crippen LogP contribution in [0.2, 0.25) is 5.02 Å². The number of carbonyl (C=O) groups is 3. The van der Waals surface area contributed by atoms with E-state index in [9.17, 15) is 44.3 Å². The molecule has 0 spiro atoms. The predicted octanol–water partition coefficient (Wildman–Crippen LogP) is 1.96. The normalized spacial score (nSPS) is 20.8. The number of fused-ring (bicyclic) bond motifs is 1. The SMILES string of the molecule is O=C(O)c1ccc(NC(=O)[C@@H]2c3cccc(C4=CCN(C[C@H](O)[C@@H](O)[C@H](O)[C@H](O)CO)CC4)c3CCN2C(=O)C2CC(c3cccc(Cl)c3F)=NO2)cc1. The highest BCUT2D eigenvalue weighted by atomic mass is 35.5. The zero-order valence-electron chi connectivity index (χ0n) is 28.9. The first-order valence-corrected chi connectivity index (χ1v) is 17.7. The Morgan fingerprint density at radius 2 is 1.65 bits per heavy atom. The van der Waals surface area contributed by atoms with Gasteiger partial charge in [-0.3, -0.25) is 14.5 Å². The lowest BCUT2D eigenvalue weighted by molar-refractivity contribution is -0.148. The molecular weight excluding hydrogens is 727 g/mol. The molecule has 54 heavy (non-hydrogen) atoms. The van der Waals surface area contributed by atoms with Crippen LogP contribution in [0.15, 0.2) is 71.9 Å². The molecule has 0 fully saturated rings. The largest absolute Gasteiger partial charge is 0.478 e. The van der Waals surface area contributed by atoms with Crippen molar-refractivity contribution in [3.63, 3.8) is 0 Å². The number of oxime groups is 1. The standard InChI is InChI=1S/C38H40ClFN4O10/c39-27-6-2-5-26(32(27)40)28-17-31(54-42-28)37(51)44-16-13-24-23(20-11-14-43(15-12-20)18-29(46)34(48)35(49)30(47)19-45)3-1-4-25(24)33(44)36(50)41-22-9-7-21(8-10-22)38(52)53/h1-11,29-31,33-35,45-49H,12-19H2,(H,41,50)(H,52,53)/t29-,30+,31?,33-,34+,35+/m0/s1. The van der Waals surface area contributed by atoms with Crippen LogP contribution in [0.5, 0.6) is 0 Å². The van der Waals surface area contributed by atoms with E-state index in [1.165, 1.54) is 41.3 Å². The molecule has 3 aromatic carbocycles. The molecule has 7 N–H and O–H groups in total. The lowest BCUT2D eigenvalue weighted by Gasteiger charge is -2.38. The fraction of sp³-hybridized carbons (Fsp3) is 0.368. The number of carboxylic acids is 1. The van der Waals surface area contributed by atoms with Gasteiger partial charge in [0, 0.05) is 43.9 Å². The molecule has 3 heterocycles. The van der Waals surface area contributed by atoms with Crippen molar-refractivity contribution in [3.8, 4) is 0 Å². The van der Waals surface area contributed by atoms with Gasteiger partial charge in [0.2, 0.25) is 6.10 Å². The Balaban J connectivity index is 1.24. The van der Waals surface area contributed by atoms with Gasteiger partial charge in [0.05, 0.1) is 29.0 Å². The maximum absolute atomic E-state index is 14.8. The van der Waals surface area contributed by atoms with Crippen LogP contribution in [-0.2, 0) is 20.8 Å². The first kappa shape index (κ1) is 39.0. The predicted molar refractivity (Wildman–Crippen MR) is 194 cm³/mol. The number of carbonyl (C=O) groups excluding carboxylic acids is 2. The number of nitrogens with zero attached hydrogens (tertiary/aromatic N) is 3. The number of β-amino-alcohol motifs (C(OH)–C–C–N with tert-alkyl or cyclic N) is 1. The summed E-state index contributed by atoms with van der Waals surface area (Å²) in [6.45, 7) is 0.221. The van der Waals surface area contributed by atoms with Crippen molar-refractivity contribution in [2.75, 3.05) is 38.1 Å². The Labute approximate surface area is 314 Å². The number of halogens is 2. The summed E-state index contributed by atoms with van der Waals surface area (Å²) in [6, 6.07) is 14.4. The van der Waals surface area contributed by atoms with E-state index in [4.69, 9.17) is 21.5 Å². The Hall–Kier alpha value is -4.74. The molecule has 0 saturated carbocycles. The van der Waals surface area contributed by atoms with E-state index in [1.54, 1.807) is 18.2 Å². The number of aliphatic hydroxyl groups excluding tert-OH is 5. The maximum Gasteiger partial charge on any atom is 0.335 e. The van der Waals surface area contributed by atoms with E-state index < -0.39 is 66.8 Å². The van der Waals surface area contributed by atoms with Gasteiger partial charge in [-0.15, -0.1) is 0 Å². The van der Waals surface area contributed by atoms with Crippen LogP contribution in [0.25, 0.3) is 5.57 Å². The van der Waals surface area contributed by atoms with Crippen LogP contribution in [0.1, 0.15) is 51.5 Å². The highest BCUT2D eigenvalue weighted by molar-refractivity contribution is 6.31. The van der Waals surface area contributed by atoms with Crippen molar-refractivity contribution < 1.29 is 54.3 Å². The Morgan fingerprint density at radius 1 is 0.944 bits per heavy atom. The van der Waals surface area contributed by atoms with Crippen molar-refractivity contribution in [1.29, 1.82) is 0 Å². The number of amides is 2. The molecule has 3 aromatic rings. The van der Waals surface area contributed by atoms with E-state index >= 15 is 0 Å². The molecule has 14 nitrogen and oxygen atoms in total. The van der Waals surface area contributed by atoms with Crippen molar-refractivity contribution >= 4 is 46.4 Å². The third kappa shape index (κ3) is 8.17. The van der Waals surface area contributed by atoms with E-state index in [0.29, 0.717) is 37.2 Å². The van der Waals surface area contributed by atoms with Crippen LogP contribution in [0, 0.1) is 5.82 Å². The molecule has 0 saturated heterocycles. The average Bonchev–Trinajstić information content (AvgIpc) is 3.67. The number of rotatable bonds is 12. The Kier molecular flexibility index (Phi) is 12.1.